The molecule has 0 aliphatic rings. The maximum atomic E-state index is 12.6. The first-order valence-electron chi connectivity index (χ1n) is 11.6. The van der Waals surface area contributed by atoms with E-state index in [4.69, 9.17) is 4.74 Å². The number of anilines is 1. The molecule has 0 fully saturated rings. The van der Waals surface area contributed by atoms with Gasteiger partial charge in [-0.1, -0.05) is 61.2 Å². The first kappa shape index (κ1) is 26.6. The summed E-state index contributed by atoms with van der Waals surface area (Å²) in [6, 6.07) is 25.1. The van der Waals surface area contributed by atoms with Gasteiger partial charge < -0.3 is 10.1 Å². The van der Waals surface area contributed by atoms with E-state index in [9.17, 15) is 13.2 Å². The topological polar surface area (TPSA) is 75.7 Å². The summed E-state index contributed by atoms with van der Waals surface area (Å²) >= 11 is 1.51. The van der Waals surface area contributed by atoms with Gasteiger partial charge in [0.1, 0.15) is 12.4 Å². The Morgan fingerprint density at radius 2 is 1.66 bits per heavy atom. The molecule has 0 atom stereocenters. The molecule has 3 rings (SSSR count). The van der Waals surface area contributed by atoms with Gasteiger partial charge in [-0.15, -0.1) is 0 Å². The van der Waals surface area contributed by atoms with Crippen molar-refractivity contribution < 1.29 is 17.9 Å². The number of hydrogen-bond acceptors (Lipinski definition) is 5. The van der Waals surface area contributed by atoms with Crippen LogP contribution in [-0.4, -0.2) is 40.3 Å². The van der Waals surface area contributed by atoms with Crippen LogP contribution in [0.15, 0.2) is 88.7 Å². The molecule has 35 heavy (non-hydrogen) atoms. The van der Waals surface area contributed by atoms with Crippen LogP contribution in [0.4, 0.5) is 5.69 Å². The summed E-state index contributed by atoms with van der Waals surface area (Å²) in [7, 11) is -3.52. The molecule has 0 aliphatic heterocycles. The number of benzene rings is 3. The molecular weight excluding hydrogens is 480 g/mol. The van der Waals surface area contributed by atoms with Crippen molar-refractivity contribution in [2.45, 2.75) is 36.0 Å². The highest BCUT2D eigenvalue weighted by atomic mass is 32.2. The van der Waals surface area contributed by atoms with E-state index in [0.29, 0.717) is 25.3 Å². The lowest BCUT2D eigenvalue weighted by atomic mass is 10.2. The minimum atomic E-state index is -3.52. The SMILES string of the molecule is CCc1ccc(OCCNC(=O)CCCN(c2ccccc2Sc2ccccc2)S(C)(=O)=O)cc1. The standard InChI is InChI=1S/C27H32N2O4S2/c1-3-22-15-17-23(18-16-22)33-21-19-28-27(30)14-9-20-29(35(2,31)32)25-12-7-8-13-26(25)34-24-10-5-4-6-11-24/h4-8,10-13,15-18H,3,9,14,19-21H2,1-2H3,(H,28,30). The van der Waals surface area contributed by atoms with Crippen LogP contribution in [-0.2, 0) is 21.2 Å². The summed E-state index contributed by atoms with van der Waals surface area (Å²) in [6.45, 7) is 3.08. The number of sulfonamides is 1. The summed E-state index contributed by atoms with van der Waals surface area (Å²) in [4.78, 5) is 14.1. The van der Waals surface area contributed by atoms with Crippen molar-refractivity contribution in [3.8, 4) is 5.75 Å². The molecule has 8 heteroatoms. The number of para-hydroxylation sites is 1. The molecule has 186 valence electrons. The Kier molecular flexibility index (Phi) is 10.0. The average molecular weight is 513 g/mol. The number of carbonyl (C=O) groups excluding carboxylic acids is 1. The maximum Gasteiger partial charge on any atom is 0.232 e. The zero-order valence-corrected chi connectivity index (χ0v) is 21.8. The van der Waals surface area contributed by atoms with Crippen LogP contribution in [0.2, 0.25) is 0 Å². The Morgan fingerprint density at radius 3 is 2.34 bits per heavy atom. The fourth-order valence-corrected chi connectivity index (χ4v) is 5.49. The molecule has 6 nitrogen and oxygen atoms in total. The molecular formula is C27H32N2O4S2. The van der Waals surface area contributed by atoms with Crippen molar-refractivity contribution in [1.29, 1.82) is 0 Å². The predicted octanol–water partition coefficient (Wildman–Crippen LogP) is 5.14. The van der Waals surface area contributed by atoms with Crippen LogP contribution in [0, 0.1) is 0 Å². The third-order valence-corrected chi connectivity index (χ3v) is 7.55. The second-order valence-corrected chi connectivity index (χ2v) is 11.0. The van der Waals surface area contributed by atoms with Gasteiger partial charge in [-0.05, 0) is 54.8 Å². The number of hydrogen-bond donors (Lipinski definition) is 1. The lowest BCUT2D eigenvalue weighted by Crippen LogP contribution is -2.33. The third kappa shape index (κ3) is 8.64. The molecule has 3 aromatic carbocycles. The Labute approximate surface area is 212 Å². The number of rotatable bonds is 13. The number of ether oxygens (including phenoxy) is 1. The molecule has 1 amide bonds. The Hall–Kier alpha value is -2.97. The van der Waals surface area contributed by atoms with Gasteiger partial charge in [0, 0.05) is 22.8 Å². The quantitative estimate of drug-likeness (QED) is 0.321. The highest BCUT2D eigenvalue weighted by Crippen LogP contribution is 2.36. The number of aryl methyl sites for hydroxylation is 1. The van der Waals surface area contributed by atoms with Crippen LogP contribution >= 0.6 is 11.8 Å². The van der Waals surface area contributed by atoms with Crippen molar-refractivity contribution in [2.24, 2.45) is 0 Å². The van der Waals surface area contributed by atoms with Gasteiger partial charge in [0.15, 0.2) is 0 Å². The minimum Gasteiger partial charge on any atom is -0.492 e. The Bertz CT molecular complexity index is 1180. The number of nitrogens with zero attached hydrogens (tertiary/aromatic N) is 1. The normalized spacial score (nSPS) is 11.1. The lowest BCUT2D eigenvalue weighted by Gasteiger charge is -2.24. The van der Waals surface area contributed by atoms with Gasteiger partial charge in [-0.3, -0.25) is 9.10 Å². The van der Waals surface area contributed by atoms with Crippen LogP contribution in [0.3, 0.4) is 0 Å². The summed E-state index contributed by atoms with van der Waals surface area (Å²) in [5.74, 6) is 0.641. The van der Waals surface area contributed by atoms with Crippen molar-refractivity contribution in [3.05, 3.63) is 84.4 Å². The molecule has 0 aromatic heterocycles. The fraction of sp³-hybridized carbons (Fsp3) is 0.296. The van der Waals surface area contributed by atoms with Crippen molar-refractivity contribution >= 4 is 33.4 Å². The number of nitrogens with one attached hydrogen (secondary N) is 1. The molecule has 0 radical (unpaired) electrons. The van der Waals surface area contributed by atoms with Crippen molar-refractivity contribution in [3.63, 3.8) is 0 Å². The van der Waals surface area contributed by atoms with Crippen LogP contribution in [0.1, 0.15) is 25.3 Å². The van der Waals surface area contributed by atoms with Crippen molar-refractivity contribution in [1.82, 2.24) is 5.32 Å². The highest BCUT2D eigenvalue weighted by Gasteiger charge is 2.20. The minimum absolute atomic E-state index is 0.129. The van der Waals surface area contributed by atoms with Crippen LogP contribution < -0.4 is 14.4 Å². The summed E-state index contributed by atoms with van der Waals surface area (Å²) < 4.78 is 32.2. The molecule has 0 unspecified atom stereocenters. The molecule has 0 saturated carbocycles. The van der Waals surface area contributed by atoms with E-state index in [1.807, 2.05) is 72.8 Å². The van der Waals surface area contributed by atoms with Gasteiger partial charge in [0.2, 0.25) is 15.9 Å². The van der Waals surface area contributed by atoms with Crippen LogP contribution in [0.25, 0.3) is 0 Å². The maximum absolute atomic E-state index is 12.6. The van der Waals surface area contributed by atoms with Crippen LogP contribution in [0.5, 0.6) is 5.75 Å². The fourth-order valence-electron chi connectivity index (χ4n) is 3.48. The van der Waals surface area contributed by atoms with Gasteiger partial charge in [-0.2, -0.15) is 0 Å². The highest BCUT2D eigenvalue weighted by molar-refractivity contribution is 7.99. The summed E-state index contributed by atoms with van der Waals surface area (Å²) in [5, 5.41) is 2.84. The number of carbonyl (C=O) groups is 1. The van der Waals surface area contributed by atoms with Gasteiger partial charge >= 0.3 is 0 Å². The van der Waals surface area contributed by atoms with Crippen molar-refractivity contribution in [2.75, 3.05) is 30.3 Å². The molecule has 1 N–H and O–H groups in total. The largest absolute Gasteiger partial charge is 0.492 e. The zero-order chi connectivity index (χ0) is 25.1. The Balaban J connectivity index is 1.50. The molecule has 3 aromatic rings. The van der Waals surface area contributed by atoms with E-state index < -0.39 is 10.0 Å². The second-order valence-electron chi connectivity index (χ2n) is 8.02. The van der Waals surface area contributed by atoms with E-state index in [1.165, 1.54) is 27.9 Å². The summed E-state index contributed by atoms with van der Waals surface area (Å²) in [5.41, 5.74) is 1.86. The van der Waals surface area contributed by atoms with E-state index in [0.717, 1.165) is 22.0 Å². The predicted molar refractivity (Wildman–Crippen MR) is 143 cm³/mol. The zero-order valence-electron chi connectivity index (χ0n) is 20.1. The molecule has 0 spiro atoms. The van der Waals surface area contributed by atoms with E-state index in [2.05, 4.69) is 12.2 Å². The summed E-state index contributed by atoms with van der Waals surface area (Å²) in [6.07, 6.45) is 2.81. The lowest BCUT2D eigenvalue weighted by molar-refractivity contribution is -0.121. The van der Waals surface area contributed by atoms with Gasteiger partial charge in [-0.25, -0.2) is 8.42 Å². The van der Waals surface area contributed by atoms with Gasteiger partial charge in [0.05, 0.1) is 18.5 Å². The first-order chi connectivity index (χ1) is 16.9. The molecule has 0 heterocycles. The smallest absolute Gasteiger partial charge is 0.232 e. The third-order valence-electron chi connectivity index (χ3n) is 5.29. The second kappa shape index (κ2) is 13.2. The van der Waals surface area contributed by atoms with E-state index >= 15 is 0 Å². The Morgan fingerprint density at radius 1 is 0.971 bits per heavy atom. The molecule has 0 bridgehead atoms. The van der Waals surface area contributed by atoms with E-state index in [1.54, 1.807) is 6.07 Å². The average Bonchev–Trinajstić information content (AvgIpc) is 2.85. The van der Waals surface area contributed by atoms with Gasteiger partial charge in [0.25, 0.3) is 0 Å². The monoisotopic (exact) mass is 512 g/mol. The number of amides is 1. The first-order valence-corrected chi connectivity index (χ1v) is 14.3. The molecule has 0 saturated heterocycles. The van der Waals surface area contributed by atoms with E-state index in [-0.39, 0.29) is 18.9 Å². The molecule has 0 aliphatic carbocycles.